The molecule has 0 aliphatic rings. The molecule has 0 aliphatic heterocycles. The number of nitrogens with two attached hydrogens (primary N) is 1. The van der Waals surface area contributed by atoms with Crippen LogP contribution in [0.5, 0.6) is 0 Å². The maximum absolute atomic E-state index is 12.5. The number of nitrogens with zero attached hydrogens (tertiary/aromatic N) is 5. The first kappa shape index (κ1) is 29.5. The summed E-state index contributed by atoms with van der Waals surface area (Å²) in [4.78, 5) is 46.9. The van der Waals surface area contributed by atoms with Gasteiger partial charge in [-0.2, -0.15) is 15.1 Å². The van der Waals surface area contributed by atoms with Crippen LogP contribution in [0.3, 0.4) is 0 Å². The number of rotatable bonds is 10. The molecule has 0 fully saturated rings. The molecular formula is C30H30N10O4. The van der Waals surface area contributed by atoms with Gasteiger partial charge in [-0.05, 0) is 72.8 Å². The molecule has 3 aromatic carbocycles. The van der Waals surface area contributed by atoms with Gasteiger partial charge in [0.05, 0.1) is 18.2 Å². The van der Waals surface area contributed by atoms with E-state index in [9.17, 15) is 14.4 Å². The Balaban J connectivity index is 1.23. The van der Waals surface area contributed by atoms with Crippen LogP contribution in [0.2, 0.25) is 0 Å². The highest BCUT2D eigenvalue weighted by Gasteiger charge is 2.14. The number of hydrogen-bond donors (Lipinski definition) is 6. The number of carbonyl (C=O) groups excluding carboxylic acids is 3. The molecule has 2 heterocycles. The van der Waals surface area contributed by atoms with Crippen LogP contribution in [-0.2, 0) is 7.05 Å². The van der Waals surface area contributed by atoms with Gasteiger partial charge in [0.1, 0.15) is 5.82 Å². The molecule has 0 unspecified atom stereocenters. The second kappa shape index (κ2) is 12.9. The molecule has 2 aromatic heterocycles. The Morgan fingerprint density at radius 2 is 1.36 bits per heavy atom. The van der Waals surface area contributed by atoms with Gasteiger partial charge in [0.2, 0.25) is 11.9 Å². The number of nitrogens with one attached hydrogen (secondary N) is 4. The number of amides is 4. The van der Waals surface area contributed by atoms with Crippen LogP contribution in [0, 0.1) is 0 Å². The number of aromatic nitrogens is 4. The maximum Gasteiger partial charge on any atom is 0.323 e. The highest BCUT2D eigenvalue weighted by molar-refractivity contribution is 6.00. The minimum atomic E-state index is -0.509. The third kappa shape index (κ3) is 6.88. The summed E-state index contributed by atoms with van der Waals surface area (Å²) in [5.74, 6) is 0.102. The van der Waals surface area contributed by atoms with Crippen LogP contribution in [0.1, 0.15) is 20.7 Å². The van der Waals surface area contributed by atoms with Crippen molar-refractivity contribution >= 4 is 63.4 Å². The number of aliphatic hydroxyl groups is 1. The van der Waals surface area contributed by atoms with Crippen molar-refractivity contribution in [3.05, 3.63) is 90.1 Å². The van der Waals surface area contributed by atoms with E-state index in [1.807, 2.05) is 0 Å². The number of urea groups is 1. The van der Waals surface area contributed by atoms with Crippen molar-refractivity contribution in [2.45, 2.75) is 0 Å². The first-order chi connectivity index (χ1) is 21.2. The quantitative estimate of drug-likeness (QED) is 0.140. The Morgan fingerprint density at radius 3 is 1.98 bits per heavy atom. The van der Waals surface area contributed by atoms with E-state index in [0.717, 1.165) is 0 Å². The van der Waals surface area contributed by atoms with Crippen molar-refractivity contribution in [1.29, 1.82) is 0 Å². The summed E-state index contributed by atoms with van der Waals surface area (Å²) in [7, 11) is 3.39. The number of fused-ring (bicyclic) bond motifs is 1. The molecule has 4 amide bonds. The first-order valence-electron chi connectivity index (χ1n) is 13.5. The predicted molar refractivity (Wildman–Crippen MR) is 167 cm³/mol. The second-order valence-electron chi connectivity index (χ2n) is 9.78. The maximum atomic E-state index is 12.5. The van der Waals surface area contributed by atoms with Crippen LogP contribution >= 0.6 is 0 Å². The normalized spacial score (nSPS) is 10.7. The number of primary amides is 1. The van der Waals surface area contributed by atoms with Crippen molar-refractivity contribution in [3.63, 3.8) is 0 Å². The van der Waals surface area contributed by atoms with Gasteiger partial charge in [0.25, 0.3) is 5.91 Å². The zero-order valence-corrected chi connectivity index (χ0v) is 23.9. The fourth-order valence-corrected chi connectivity index (χ4v) is 4.26. The average molecular weight is 595 g/mol. The van der Waals surface area contributed by atoms with Gasteiger partial charge in [0, 0.05) is 54.5 Å². The van der Waals surface area contributed by atoms with E-state index in [0.29, 0.717) is 56.7 Å². The van der Waals surface area contributed by atoms with Crippen molar-refractivity contribution in [2.75, 3.05) is 41.5 Å². The summed E-state index contributed by atoms with van der Waals surface area (Å²) in [5, 5.41) is 25.9. The van der Waals surface area contributed by atoms with Gasteiger partial charge in [-0.25, -0.2) is 4.79 Å². The smallest absolute Gasteiger partial charge is 0.323 e. The Bertz CT molecular complexity index is 1800. The van der Waals surface area contributed by atoms with Crippen LogP contribution in [0.15, 0.2) is 79.0 Å². The zero-order valence-electron chi connectivity index (χ0n) is 23.9. The second-order valence-corrected chi connectivity index (χ2v) is 9.78. The summed E-state index contributed by atoms with van der Waals surface area (Å²) < 4.78 is 1.64. The number of benzene rings is 3. The number of anilines is 6. The highest BCUT2D eigenvalue weighted by Crippen LogP contribution is 2.27. The zero-order chi connectivity index (χ0) is 31.2. The van der Waals surface area contributed by atoms with Gasteiger partial charge < -0.3 is 37.0 Å². The molecule has 0 bridgehead atoms. The lowest BCUT2D eigenvalue weighted by Gasteiger charge is -2.16. The van der Waals surface area contributed by atoms with Crippen molar-refractivity contribution in [2.24, 2.45) is 12.8 Å². The molecule has 0 saturated heterocycles. The summed E-state index contributed by atoms with van der Waals surface area (Å²) in [6, 6.07) is 19.7. The predicted octanol–water partition coefficient (Wildman–Crippen LogP) is 3.66. The monoisotopic (exact) mass is 594 g/mol. The number of likely N-dealkylation sites (N-methyl/N-ethyl adjacent to an activating group) is 1. The van der Waals surface area contributed by atoms with Gasteiger partial charge in [-0.15, -0.1) is 0 Å². The van der Waals surface area contributed by atoms with E-state index in [1.165, 1.54) is 4.90 Å². The van der Waals surface area contributed by atoms with E-state index in [2.05, 4.69) is 36.3 Å². The van der Waals surface area contributed by atoms with Gasteiger partial charge in [0.15, 0.2) is 5.65 Å². The first-order valence-corrected chi connectivity index (χ1v) is 13.5. The molecule has 44 heavy (non-hydrogen) atoms. The number of carbonyl (C=O) groups is 3. The van der Waals surface area contributed by atoms with E-state index in [4.69, 9.17) is 10.8 Å². The molecule has 0 spiro atoms. The molecule has 14 heteroatoms. The molecular weight excluding hydrogens is 564 g/mol. The van der Waals surface area contributed by atoms with E-state index < -0.39 is 11.9 Å². The van der Waals surface area contributed by atoms with E-state index in [-0.39, 0.29) is 19.1 Å². The van der Waals surface area contributed by atoms with Crippen LogP contribution < -0.4 is 27.0 Å². The number of aliphatic hydroxyl groups excluding tert-OH is 1. The molecule has 0 aliphatic carbocycles. The minimum Gasteiger partial charge on any atom is -0.395 e. The summed E-state index contributed by atoms with van der Waals surface area (Å²) in [5.41, 5.74) is 9.23. The Labute approximate surface area is 251 Å². The minimum absolute atomic E-state index is 0.122. The van der Waals surface area contributed by atoms with Gasteiger partial charge in [-0.1, -0.05) is 0 Å². The molecule has 5 aromatic rings. The fourth-order valence-electron chi connectivity index (χ4n) is 4.26. The summed E-state index contributed by atoms with van der Waals surface area (Å²) >= 11 is 0. The van der Waals surface area contributed by atoms with Crippen molar-refractivity contribution in [1.82, 2.24) is 24.6 Å². The summed E-state index contributed by atoms with van der Waals surface area (Å²) in [6.07, 6.45) is 1.66. The number of aryl methyl sites for hydroxylation is 1. The van der Waals surface area contributed by atoms with Crippen molar-refractivity contribution in [3.8, 4) is 0 Å². The average Bonchev–Trinajstić information content (AvgIpc) is 3.39. The molecule has 14 nitrogen and oxygen atoms in total. The lowest BCUT2D eigenvalue weighted by atomic mass is 10.2. The topological polar surface area (TPSA) is 192 Å². The van der Waals surface area contributed by atoms with Gasteiger partial charge >= 0.3 is 6.03 Å². The van der Waals surface area contributed by atoms with E-state index >= 15 is 0 Å². The third-order valence-electron chi connectivity index (χ3n) is 6.59. The molecule has 0 radical (unpaired) electrons. The largest absolute Gasteiger partial charge is 0.395 e. The van der Waals surface area contributed by atoms with Crippen LogP contribution in [0.4, 0.5) is 39.3 Å². The standard InChI is InChI=1S/C30H30N10O4/c1-39(15-16-41)28(43)19-5-9-22(10-6-19)35-30(44)36-23-13-11-21(12-14-23)34-29-37-26(24-17-32-40(2)27(24)38-29)33-20-7-3-18(4-8-20)25(31)42/h3-14,17,41H,15-16H2,1-2H3,(H2,31,42)(H2,35,36,44)(H2,33,34,37,38). The summed E-state index contributed by atoms with van der Waals surface area (Å²) in [6.45, 7) is 0.111. The van der Waals surface area contributed by atoms with E-state index in [1.54, 1.807) is 97.8 Å². The van der Waals surface area contributed by atoms with Crippen LogP contribution in [-0.4, -0.2) is 67.8 Å². The Morgan fingerprint density at radius 1 is 0.818 bits per heavy atom. The Kier molecular flexibility index (Phi) is 8.62. The highest BCUT2D eigenvalue weighted by atomic mass is 16.3. The van der Waals surface area contributed by atoms with Gasteiger partial charge in [-0.3, -0.25) is 14.3 Å². The fraction of sp³-hybridized carbons (Fsp3) is 0.133. The SMILES string of the molecule is CN(CCO)C(=O)c1ccc(NC(=O)Nc2ccc(Nc3nc(Nc4ccc(C(N)=O)cc4)c4cnn(C)c4n3)cc2)cc1. The van der Waals surface area contributed by atoms with Crippen molar-refractivity contribution < 1.29 is 19.5 Å². The van der Waals surface area contributed by atoms with Crippen LogP contribution in [0.25, 0.3) is 11.0 Å². The molecule has 0 atom stereocenters. The molecule has 5 rings (SSSR count). The lowest BCUT2D eigenvalue weighted by Crippen LogP contribution is -2.29. The molecule has 224 valence electrons. The number of hydrogen-bond acceptors (Lipinski definition) is 9. The lowest BCUT2D eigenvalue weighted by molar-refractivity contribution is 0.0767. The third-order valence-corrected chi connectivity index (χ3v) is 6.59. The molecule has 7 N–H and O–H groups in total. The Hall–Kier alpha value is -6.02. The molecule has 0 saturated carbocycles.